The number of hydrogen-bond acceptors (Lipinski definition) is 1. The summed E-state index contributed by atoms with van der Waals surface area (Å²) in [6, 6.07) is 26.7. The van der Waals surface area contributed by atoms with Crippen LogP contribution in [0.2, 0.25) is 0 Å². The van der Waals surface area contributed by atoms with Gasteiger partial charge in [-0.25, -0.2) is 0 Å². The molecule has 0 aromatic heterocycles. The van der Waals surface area contributed by atoms with Crippen LogP contribution in [0, 0.1) is 19.8 Å². The average Bonchev–Trinajstić information content (AvgIpc) is 2.98. The second-order valence-electron chi connectivity index (χ2n) is 9.32. The standard InChI is InChI=1S/C29H29N/c1-20-9-13-22(14-10-20)30(23-15-11-21(2)12-16-23)24-17-18-26-25-7-5-6-8-27(25)29(3,4)28(26)19-24/h5-19,26,28H,1-4H3. The van der Waals surface area contributed by atoms with Gasteiger partial charge in [0.1, 0.15) is 0 Å². The fourth-order valence-electron chi connectivity index (χ4n) is 5.16. The molecule has 2 aliphatic carbocycles. The molecule has 5 rings (SSSR count). The highest BCUT2D eigenvalue weighted by Crippen LogP contribution is 2.54. The van der Waals surface area contributed by atoms with Crippen LogP contribution in [0.1, 0.15) is 42.0 Å². The van der Waals surface area contributed by atoms with Gasteiger partial charge in [-0.05, 0) is 66.6 Å². The lowest BCUT2D eigenvalue weighted by atomic mass is 9.74. The maximum absolute atomic E-state index is 2.50. The molecule has 0 amide bonds. The minimum atomic E-state index is 0.115. The summed E-state index contributed by atoms with van der Waals surface area (Å²) in [5.41, 5.74) is 9.30. The van der Waals surface area contributed by atoms with Gasteiger partial charge in [-0.1, -0.05) is 85.7 Å². The first-order chi connectivity index (χ1) is 14.4. The van der Waals surface area contributed by atoms with Crippen LogP contribution in [0.15, 0.2) is 96.7 Å². The zero-order chi connectivity index (χ0) is 20.9. The van der Waals surface area contributed by atoms with E-state index in [4.69, 9.17) is 0 Å². The van der Waals surface area contributed by atoms with E-state index in [1.165, 1.54) is 39.3 Å². The molecule has 0 aliphatic heterocycles. The zero-order valence-corrected chi connectivity index (χ0v) is 18.3. The second-order valence-corrected chi connectivity index (χ2v) is 9.32. The number of rotatable bonds is 3. The Labute approximate surface area is 180 Å². The van der Waals surface area contributed by atoms with Crippen molar-refractivity contribution in [3.63, 3.8) is 0 Å². The molecule has 2 aliphatic rings. The third-order valence-electron chi connectivity index (χ3n) is 6.90. The second kappa shape index (κ2) is 7.02. The number of anilines is 2. The van der Waals surface area contributed by atoms with Gasteiger partial charge in [0.2, 0.25) is 0 Å². The zero-order valence-electron chi connectivity index (χ0n) is 18.3. The minimum Gasteiger partial charge on any atom is -0.311 e. The van der Waals surface area contributed by atoms with Crippen LogP contribution in [0.25, 0.3) is 0 Å². The Kier molecular flexibility index (Phi) is 4.43. The summed E-state index contributed by atoms with van der Waals surface area (Å²) in [7, 11) is 0. The predicted molar refractivity (Wildman–Crippen MR) is 127 cm³/mol. The van der Waals surface area contributed by atoms with E-state index in [-0.39, 0.29) is 5.41 Å². The molecule has 1 nitrogen and oxygen atoms in total. The summed E-state index contributed by atoms with van der Waals surface area (Å²) in [6.45, 7) is 9.07. The highest BCUT2D eigenvalue weighted by atomic mass is 15.1. The number of hydrogen-bond donors (Lipinski definition) is 0. The van der Waals surface area contributed by atoms with Crippen molar-refractivity contribution in [2.24, 2.45) is 5.92 Å². The van der Waals surface area contributed by atoms with Gasteiger partial charge < -0.3 is 4.90 Å². The molecule has 0 saturated carbocycles. The smallest absolute Gasteiger partial charge is 0.0461 e. The molecule has 2 atom stereocenters. The Morgan fingerprint density at radius 2 is 1.30 bits per heavy atom. The number of fused-ring (bicyclic) bond motifs is 3. The summed E-state index contributed by atoms with van der Waals surface area (Å²) >= 11 is 0. The quantitative estimate of drug-likeness (QED) is 0.444. The number of allylic oxidation sites excluding steroid dienone is 3. The summed E-state index contributed by atoms with van der Waals surface area (Å²) in [6.07, 6.45) is 7.24. The molecule has 0 spiro atoms. The Morgan fingerprint density at radius 3 is 1.90 bits per heavy atom. The molecule has 1 heteroatoms. The van der Waals surface area contributed by atoms with Crippen LogP contribution in [0.4, 0.5) is 11.4 Å². The molecule has 3 aromatic rings. The third-order valence-corrected chi connectivity index (χ3v) is 6.90. The highest BCUT2D eigenvalue weighted by Gasteiger charge is 2.45. The van der Waals surface area contributed by atoms with Crippen LogP contribution >= 0.6 is 0 Å². The molecule has 0 heterocycles. The van der Waals surface area contributed by atoms with Crippen molar-refractivity contribution in [2.75, 3.05) is 4.90 Å². The average molecular weight is 392 g/mol. The summed E-state index contributed by atoms with van der Waals surface area (Å²) in [5, 5.41) is 0. The van der Waals surface area contributed by atoms with Crippen LogP contribution in [0.3, 0.4) is 0 Å². The summed E-state index contributed by atoms with van der Waals surface area (Å²) in [5.74, 6) is 0.908. The Morgan fingerprint density at radius 1 is 0.733 bits per heavy atom. The Hall–Kier alpha value is -3.06. The van der Waals surface area contributed by atoms with Crippen molar-refractivity contribution in [3.05, 3.63) is 119 Å². The fraction of sp³-hybridized carbons (Fsp3) is 0.241. The lowest BCUT2D eigenvalue weighted by molar-refractivity contribution is 0.392. The first-order valence-electron chi connectivity index (χ1n) is 10.9. The maximum Gasteiger partial charge on any atom is 0.0461 e. The lowest BCUT2D eigenvalue weighted by Crippen LogP contribution is -2.28. The fourth-order valence-corrected chi connectivity index (χ4v) is 5.16. The van der Waals surface area contributed by atoms with Gasteiger partial charge >= 0.3 is 0 Å². The van der Waals surface area contributed by atoms with Crippen LogP contribution in [-0.2, 0) is 5.41 Å². The van der Waals surface area contributed by atoms with E-state index in [9.17, 15) is 0 Å². The first kappa shape index (κ1) is 18.9. The van der Waals surface area contributed by atoms with Gasteiger partial charge in [0.15, 0.2) is 0 Å². The van der Waals surface area contributed by atoms with E-state index in [2.05, 4.69) is 124 Å². The molecule has 0 saturated heterocycles. The van der Waals surface area contributed by atoms with Crippen molar-refractivity contribution in [2.45, 2.75) is 39.0 Å². The van der Waals surface area contributed by atoms with E-state index < -0.39 is 0 Å². The van der Waals surface area contributed by atoms with Gasteiger partial charge in [-0.3, -0.25) is 0 Å². The molecule has 0 radical (unpaired) electrons. The van der Waals surface area contributed by atoms with Gasteiger partial charge in [-0.2, -0.15) is 0 Å². The third kappa shape index (κ3) is 3.01. The molecular weight excluding hydrogens is 362 g/mol. The van der Waals surface area contributed by atoms with Gasteiger partial charge in [0, 0.05) is 23.0 Å². The van der Waals surface area contributed by atoms with Crippen molar-refractivity contribution < 1.29 is 0 Å². The Bertz CT molecular complexity index is 1080. The molecule has 30 heavy (non-hydrogen) atoms. The molecule has 0 N–H and O–H groups in total. The van der Waals surface area contributed by atoms with Crippen molar-refractivity contribution in [3.8, 4) is 0 Å². The number of nitrogens with zero attached hydrogens (tertiary/aromatic N) is 1. The topological polar surface area (TPSA) is 3.24 Å². The van der Waals surface area contributed by atoms with Crippen molar-refractivity contribution in [1.82, 2.24) is 0 Å². The van der Waals surface area contributed by atoms with Crippen molar-refractivity contribution >= 4 is 11.4 Å². The monoisotopic (exact) mass is 391 g/mol. The van der Waals surface area contributed by atoms with Gasteiger partial charge in [0.05, 0.1) is 0 Å². The van der Waals surface area contributed by atoms with Crippen molar-refractivity contribution in [1.29, 1.82) is 0 Å². The van der Waals surface area contributed by atoms with E-state index >= 15 is 0 Å². The predicted octanol–water partition coefficient (Wildman–Crippen LogP) is 7.59. The Balaban J connectivity index is 1.62. The van der Waals surface area contributed by atoms with E-state index in [0.717, 1.165) is 0 Å². The van der Waals surface area contributed by atoms with Gasteiger partial charge in [0.25, 0.3) is 0 Å². The van der Waals surface area contributed by atoms with Crippen LogP contribution < -0.4 is 4.90 Å². The molecule has 150 valence electrons. The molecule has 3 aromatic carbocycles. The largest absolute Gasteiger partial charge is 0.311 e. The van der Waals surface area contributed by atoms with E-state index in [1.807, 2.05) is 0 Å². The van der Waals surface area contributed by atoms with Crippen LogP contribution in [-0.4, -0.2) is 0 Å². The first-order valence-corrected chi connectivity index (χ1v) is 10.9. The normalized spacial score (nSPS) is 21.0. The molecule has 0 fully saturated rings. The summed E-state index contributed by atoms with van der Waals surface area (Å²) in [4.78, 5) is 2.39. The van der Waals surface area contributed by atoms with E-state index in [0.29, 0.717) is 11.8 Å². The lowest BCUT2D eigenvalue weighted by Gasteiger charge is -2.34. The summed E-state index contributed by atoms with van der Waals surface area (Å²) < 4.78 is 0. The molecular formula is C29H29N. The maximum atomic E-state index is 2.50. The molecule has 0 bridgehead atoms. The van der Waals surface area contributed by atoms with Crippen LogP contribution in [0.5, 0.6) is 0 Å². The minimum absolute atomic E-state index is 0.115. The van der Waals surface area contributed by atoms with E-state index in [1.54, 1.807) is 0 Å². The number of benzene rings is 3. The highest BCUT2D eigenvalue weighted by molar-refractivity contribution is 5.71. The number of aryl methyl sites for hydroxylation is 2. The SMILES string of the molecule is Cc1ccc(N(C2=CC3C(C=C2)c2ccccc2C3(C)C)c2ccc(C)cc2)cc1. The van der Waals surface area contributed by atoms with Gasteiger partial charge in [-0.15, -0.1) is 0 Å². The molecule has 2 unspecified atom stereocenters.